The lowest BCUT2D eigenvalue weighted by Crippen LogP contribution is -2.40. The van der Waals surface area contributed by atoms with E-state index in [9.17, 15) is 4.79 Å². The van der Waals surface area contributed by atoms with Crippen LogP contribution in [0.15, 0.2) is 0 Å². The second kappa shape index (κ2) is 7.49. The Hall–Kier alpha value is -0.770. The summed E-state index contributed by atoms with van der Waals surface area (Å²) in [4.78, 5) is 13.3. The van der Waals surface area contributed by atoms with Gasteiger partial charge in [0.2, 0.25) is 0 Å². The predicted octanol–water partition coefficient (Wildman–Crippen LogP) is 1.85. The molecule has 4 nitrogen and oxygen atoms in total. The third-order valence-corrected chi connectivity index (χ3v) is 2.84. The quantitative estimate of drug-likeness (QED) is 0.644. The van der Waals surface area contributed by atoms with Crippen LogP contribution in [0.3, 0.4) is 0 Å². The molecule has 1 fully saturated rings. The van der Waals surface area contributed by atoms with Crippen LogP contribution in [-0.4, -0.2) is 43.8 Å². The first-order valence-corrected chi connectivity index (χ1v) is 6.38. The minimum absolute atomic E-state index is 0.0344. The Morgan fingerprint density at radius 1 is 1.38 bits per heavy atom. The molecule has 0 saturated heterocycles. The van der Waals surface area contributed by atoms with Crippen LogP contribution in [0.1, 0.15) is 33.1 Å². The number of ether oxygens (including phenoxy) is 1. The lowest BCUT2D eigenvalue weighted by Gasteiger charge is -2.19. The molecule has 0 aromatic heterocycles. The lowest BCUT2D eigenvalue weighted by atomic mass is 10.4. The van der Waals surface area contributed by atoms with Gasteiger partial charge in [0.1, 0.15) is 0 Å². The maximum Gasteiger partial charge on any atom is 0.317 e. The van der Waals surface area contributed by atoms with E-state index in [-0.39, 0.29) is 6.03 Å². The van der Waals surface area contributed by atoms with Crippen molar-refractivity contribution in [2.75, 3.05) is 32.8 Å². The van der Waals surface area contributed by atoms with Gasteiger partial charge < -0.3 is 15.0 Å². The van der Waals surface area contributed by atoms with Crippen LogP contribution in [0.25, 0.3) is 0 Å². The van der Waals surface area contributed by atoms with Gasteiger partial charge in [-0.2, -0.15) is 0 Å². The molecular formula is C12H24N2O2. The van der Waals surface area contributed by atoms with Gasteiger partial charge in [-0.25, -0.2) is 4.79 Å². The molecule has 2 amide bonds. The van der Waals surface area contributed by atoms with E-state index in [2.05, 4.69) is 5.32 Å². The number of nitrogens with one attached hydrogen (secondary N) is 1. The Kier molecular flexibility index (Phi) is 6.23. The molecule has 0 bridgehead atoms. The van der Waals surface area contributed by atoms with Crippen LogP contribution in [0.2, 0.25) is 0 Å². The summed E-state index contributed by atoms with van der Waals surface area (Å²) in [6, 6.07) is 0.0344. The van der Waals surface area contributed by atoms with E-state index in [0.29, 0.717) is 6.54 Å². The van der Waals surface area contributed by atoms with Gasteiger partial charge in [-0.3, -0.25) is 0 Å². The summed E-state index contributed by atoms with van der Waals surface area (Å²) < 4.78 is 5.49. The molecule has 0 aromatic rings. The van der Waals surface area contributed by atoms with Crippen LogP contribution in [0.5, 0.6) is 0 Å². The summed E-state index contributed by atoms with van der Waals surface area (Å²) in [6.07, 6.45) is 3.57. The summed E-state index contributed by atoms with van der Waals surface area (Å²) in [6.45, 7) is 7.88. The number of urea groups is 1. The zero-order valence-corrected chi connectivity index (χ0v) is 10.5. The number of nitrogens with zero attached hydrogens (tertiary/aromatic N) is 1. The van der Waals surface area contributed by atoms with Crippen molar-refractivity contribution in [2.24, 2.45) is 5.92 Å². The molecule has 0 aliphatic heterocycles. The standard InChI is InChI=1S/C12H24N2O2/c1-3-14(4-2)12(15)13-8-5-9-16-10-11-6-7-11/h11H,3-10H2,1-2H3,(H,13,15). The van der Waals surface area contributed by atoms with Crippen LogP contribution in [0, 0.1) is 5.92 Å². The van der Waals surface area contributed by atoms with Crippen molar-refractivity contribution < 1.29 is 9.53 Å². The Morgan fingerprint density at radius 3 is 2.62 bits per heavy atom. The van der Waals surface area contributed by atoms with Gasteiger partial charge in [0.05, 0.1) is 0 Å². The first-order valence-electron chi connectivity index (χ1n) is 6.38. The monoisotopic (exact) mass is 228 g/mol. The minimum atomic E-state index is 0.0344. The molecule has 0 aromatic carbocycles. The molecule has 1 aliphatic carbocycles. The maximum absolute atomic E-state index is 11.5. The molecule has 1 saturated carbocycles. The SMILES string of the molecule is CCN(CC)C(=O)NCCCOCC1CC1. The predicted molar refractivity (Wildman–Crippen MR) is 64.5 cm³/mol. The molecule has 1 N–H and O–H groups in total. The molecule has 4 heteroatoms. The van der Waals surface area contributed by atoms with Crippen LogP contribution >= 0.6 is 0 Å². The van der Waals surface area contributed by atoms with Gasteiger partial charge in [0, 0.05) is 32.8 Å². The summed E-state index contributed by atoms with van der Waals surface area (Å²) in [5, 5.41) is 2.90. The molecule has 16 heavy (non-hydrogen) atoms. The van der Waals surface area contributed by atoms with Crippen molar-refractivity contribution in [3.63, 3.8) is 0 Å². The van der Waals surface area contributed by atoms with E-state index < -0.39 is 0 Å². The average Bonchev–Trinajstić information content (AvgIpc) is 3.09. The maximum atomic E-state index is 11.5. The second-order valence-corrected chi connectivity index (χ2v) is 4.28. The van der Waals surface area contributed by atoms with Crippen molar-refractivity contribution in [3.05, 3.63) is 0 Å². The van der Waals surface area contributed by atoms with E-state index in [1.54, 1.807) is 4.90 Å². The van der Waals surface area contributed by atoms with Gasteiger partial charge in [0.15, 0.2) is 0 Å². The number of hydrogen-bond donors (Lipinski definition) is 1. The Balaban J connectivity index is 1.90. The van der Waals surface area contributed by atoms with Crippen molar-refractivity contribution in [1.82, 2.24) is 10.2 Å². The number of hydrogen-bond acceptors (Lipinski definition) is 2. The number of carbonyl (C=O) groups is 1. The van der Waals surface area contributed by atoms with E-state index in [0.717, 1.165) is 38.6 Å². The van der Waals surface area contributed by atoms with Crippen molar-refractivity contribution in [3.8, 4) is 0 Å². The highest BCUT2D eigenvalue weighted by atomic mass is 16.5. The van der Waals surface area contributed by atoms with E-state index in [1.807, 2.05) is 13.8 Å². The third kappa shape index (κ3) is 5.35. The topological polar surface area (TPSA) is 41.6 Å². The van der Waals surface area contributed by atoms with Crippen molar-refractivity contribution in [1.29, 1.82) is 0 Å². The molecule has 0 unspecified atom stereocenters. The van der Waals surface area contributed by atoms with Crippen molar-refractivity contribution >= 4 is 6.03 Å². The number of rotatable bonds is 8. The fourth-order valence-electron chi connectivity index (χ4n) is 1.53. The normalized spacial score (nSPS) is 14.9. The first kappa shape index (κ1) is 13.3. The average molecular weight is 228 g/mol. The fourth-order valence-corrected chi connectivity index (χ4v) is 1.53. The van der Waals surface area contributed by atoms with Gasteiger partial charge in [-0.1, -0.05) is 0 Å². The Morgan fingerprint density at radius 2 is 2.06 bits per heavy atom. The summed E-state index contributed by atoms with van der Waals surface area (Å²) >= 11 is 0. The summed E-state index contributed by atoms with van der Waals surface area (Å²) in [5.41, 5.74) is 0. The summed E-state index contributed by atoms with van der Waals surface area (Å²) in [5.74, 6) is 0.824. The Bertz CT molecular complexity index is 201. The number of carbonyl (C=O) groups excluding carboxylic acids is 1. The molecule has 94 valence electrons. The highest BCUT2D eigenvalue weighted by molar-refractivity contribution is 5.73. The van der Waals surface area contributed by atoms with Gasteiger partial charge >= 0.3 is 6.03 Å². The van der Waals surface area contributed by atoms with E-state index >= 15 is 0 Å². The zero-order chi connectivity index (χ0) is 11.8. The second-order valence-electron chi connectivity index (χ2n) is 4.28. The van der Waals surface area contributed by atoms with Gasteiger partial charge in [-0.15, -0.1) is 0 Å². The molecule has 0 heterocycles. The van der Waals surface area contributed by atoms with Crippen LogP contribution < -0.4 is 5.32 Å². The fraction of sp³-hybridized carbons (Fsp3) is 0.917. The van der Waals surface area contributed by atoms with Gasteiger partial charge in [0.25, 0.3) is 0 Å². The summed E-state index contributed by atoms with van der Waals surface area (Å²) in [7, 11) is 0. The largest absolute Gasteiger partial charge is 0.381 e. The highest BCUT2D eigenvalue weighted by Gasteiger charge is 2.20. The molecule has 0 spiro atoms. The van der Waals surface area contributed by atoms with Crippen LogP contribution in [0.4, 0.5) is 4.79 Å². The molecule has 1 rings (SSSR count). The van der Waals surface area contributed by atoms with Gasteiger partial charge in [-0.05, 0) is 39.0 Å². The highest BCUT2D eigenvalue weighted by Crippen LogP contribution is 2.28. The van der Waals surface area contributed by atoms with Crippen molar-refractivity contribution in [2.45, 2.75) is 33.1 Å². The lowest BCUT2D eigenvalue weighted by molar-refractivity contribution is 0.122. The molecule has 0 atom stereocenters. The van der Waals surface area contributed by atoms with E-state index in [1.165, 1.54) is 12.8 Å². The Labute approximate surface area is 98.3 Å². The molecular weight excluding hydrogens is 204 g/mol. The molecule has 1 aliphatic rings. The zero-order valence-electron chi connectivity index (χ0n) is 10.5. The number of amides is 2. The smallest absolute Gasteiger partial charge is 0.317 e. The first-order chi connectivity index (χ1) is 7.77. The van der Waals surface area contributed by atoms with Crippen LogP contribution in [-0.2, 0) is 4.74 Å². The third-order valence-electron chi connectivity index (χ3n) is 2.84. The molecule has 0 radical (unpaired) electrons. The van der Waals surface area contributed by atoms with E-state index in [4.69, 9.17) is 4.74 Å². The minimum Gasteiger partial charge on any atom is -0.381 e.